The zero-order chi connectivity index (χ0) is 20.8. The fourth-order valence-corrected chi connectivity index (χ4v) is 3.70. The van der Waals surface area contributed by atoms with Gasteiger partial charge in [-0.3, -0.25) is 9.89 Å². The third-order valence-corrected chi connectivity index (χ3v) is 5.47. The Labute approximate surface area is 177 Å². The van der Waals surface area contributed by atoms with Crippen LogP contribution in [0.15, 0.2) is 65.8 Å². The van der Waals surface area contributed by atoms with Gasteiger partial charge in [-0.2, -0.15) is 10.2 Å². The molecule has 1 aliphatic heterocycles. The van der Waals surface area contributed by atoms with Crippen LogP contribution >= 0.6 is 0 Å². The second-order valence-corrected chi connectivity index (χ2v) is 7.62. The van der Waals surface area contributed by atoms with Crippen molar-refractivity contribution in [1.29, 1.82) is 0 Å². The first kappa shape index (κ1) is 19.9. The fraction of sp³-hybridized carbons (Fsp3) is 0.292. The lowest BCUT2D eigenvalue weighted by Gasteiger charge is -2.22. The lowest BCUT2D eigenvalue weighted by Crippen LogP contribution is -2.23. The molecule has 2 N–H and O–H groups in total. The summed E-state index contributed by atoms with van der Waals surface area (Å²) < 4.78 is 0. The SMILES string of the molecule is C/C(=N\NC(=O)c1cc(-c2ccccc2)n[nH]1)c1ccc(N2CCCCCC2)cc1. The molecule has 0 radical (unpaired) electrons. The number of carbonyl (C=O) groups excluding carboxylic acids is 1. The van der Waals surface area contributed by atoms with Crippen molar-refractivity contribution in [3.8, 4) is 11.3 Å². The zero-order valence-corrected chi connectivity index (χ0v) is 17.3. The van der Waals surface area contributed by atoms with Crippen molar-refractivity contribution in [1.82, 2.24) is 15.6 Å². The summed E-state index contributed by atoms with van der Waals surface area (Å²) in [6, 6.07) is 19.9. The maximum Gasteiger partial charge on any atom is 0.289 e. The highest BCUT2D eigenvalue weighted by molar-refractivity contribution is 6.00. The van der Waals surface area contributed by atoms with Crippen LogP contribution in [0, 0.1) is 0 Å². The number of rotatable bonds is 5. The highest BCUT2D eigenvalue weighted by Gasteiger charge is 2.12. The van der Waals surface area contributed by atoms with Gasteiger partial charge in [0, 0.05) is 24.3 Å². The van der Waals surface area contributed by atoms with Gasteiger partial charge in [0.2, 0.25) is 0 Å². The van der Waals surface area contributed by atoms with Gasteiger partial charge in [0.15, 0.2) is 0 Å². The molecule has 1 amide bonds. The van der Waals surface area contributed by atoms with E-state index in [1.54, 1.807) is 6.07 Å². The van der Waals surface area contributed by atoms with E-state index < -0.39 is 0 Å². The van der Waals surface area contributed by atoms with Crippen LogP contribution in [0.3, 0.4) is 0 Å². The average Bonchev–Trinajstić information content (AvgIpc) is 3.14. The van der Waals surface area contributed by atoms with E-state index in [9.17, 15) is 4.79 Å². The van der Waals surface area contributed by atoms with E-state index in [4.69, 9.17) is 0 Å². The van der Waals surface area contributed by atoms with Crippen LogP contribution < -0.4 is 10.3 Å². The van der Waals surface area contributed by atoms with Crippen LogP contribution in [0.5, 0.6) is 0 Å². The van der Waals surface area contributed by atoms with Gasteiger partial charge in [0.25, 0.3) is 5.91 Å². The number of benzene rings is 2. The summed E-state index contributed by atoms with van der Waals surface area (Å²) in [6.45, 7) is 4.14. The van der Waals surface area contributed by atoms with Crippen LogP contribution in [0.25, 0.3) is 11.3 Å². The molecular formula is C24H27N5O. The summed E-state index contributed by atoms with van der Waals surface area (Å²) in [6.07, 6.45) is 5.16. The summed E-state index contributed by atoms with van der Waals surface area (Å²) in [7, 11) is 0. The number of nitrogens with one attached hydrogen (secondary N) is 2. The monoisotopic (exact) mass is 401 g/mol. The Balaban J connectivity index is 1.39. The number of nitrogens with zero attached hydrogens (tertiary/aromatic N) is 3. The standard InChI is InChI=1S/C24H27N5O/c1-18(19-11-13-21(14-12-19)29-15-7-2-3-8-16-29)25-28-24(30)23-17-22(26-27-23)20-9-5-4-6-10-20/h4-6,9-14,17H,2-3,7-8,15-16H2,1H3,(H,26,27)(H,28,30)/b25-18+. The maximum absolute atomic E-state index is 12.4. The number of anilines is 1. The van der Waals surface area contributed by atoms with Crippen LogP contribution in [-0.2, 0) is 0 Å². The Morgan fingerprint density at radius 2 is 1.70 bits per heavy atom. The molecule has 2 heterocycles. The molecule has 30 heavy (non-hydrogen) atoms. The van der Waals surface area contributed by atoms with E-state index in [0.717, 1.165) is 35.6 Å². The molecule has 6 nitrogen and oxygen atoms in total. The lowest BCUT2D eigenvalue weighted by molar-refractivity contribution is 0.0950. The number of aromatic nitrogens is 2. The molecule has 0 bridgehead atoms. The lowest BCUT2D eigenvalue weighted by atomic mass is 10.1. The van der Waals surface area contributed by atoms with Gasteiger partial charge < -0.3 is 4.90 Å². The molecule has 0 unspecified atom stereocenters. The van der Waals surface area contributed by atoms with Crippen molar-refractivity contribution in [2.45, 2.75) is 32.6 Å². The van der Waals surface area contributed by atoms with Gasteiger partial charge in [-0.15, -0.1) is 0 Å². The number of amides is 1. The molecule has 154 valence electrons. The number of hydrogen-bond acceptors (Lipinski definition) is 4. The van der Waals surface area contributed by atoms with Crippen molar-refractivity contribution in [3.05, 3.63) is 71.9 Å². The van der Waals surface area contributed by atoms with E-state index in [-0.39, 0.29) is 5.91 Å². The van der Waals surface area contributed by atoms with Crippen molar-refractivity contribution in [2.75, 3.05) is 18.0 Å². The largest absolute Gasteiger partial charge is 0.372 e. The van der Waals surface area contributed by atoms with Gasteiger partial charge in [-0.05, 0) is 43.5 Å². The highest BCUT2D eigenvalue weighted by Crippen LogP contribution is 2.20. The molecule has 3 aromatic rings. The predicted molar refractivity (Wildman–Crippen MR) is 121 cm³/mol. The quantitative estimate of drug-likeness (QED) is 0.484. The molecule has 0 saturated carbocycles. The van der Waals surface area contributed by atoms with Crippen molar-refractivity contribution < 1.29 is 4.79 Å². The molecule has 0 aliphatic carbocycles. The fourth-order valence-electron chi connectivity index (χ4n) is 3.70. The Bertz CT molecular complexity index is 1000. The molecule has 1 aromatic heterocycles. The van der Waals surface area contributed by atoms with E-state index in [1.807, 2.05) is 37.3 Å². The summed E-state index contributed by atoms with van der Waals surface area (Å²) in [4.78, 5) is 14.9. The van der Waals surface area contributed by atoms with Crippen molar-refractivity contribution in [3.63, 3.8) is 0 Å². The highest BCUT2D eigenvalue weighted by atomic mass is 16.2. The van der Waals surface area contributed by atoms with Crippen molar-refractivity contribution in [2.24, 2.45) is 5.10 Å². The molecule has 4 rings (SSSR count). The Morgan fingerprint density at radius 3 is 2.40 bits per heavy atom. The Morgan fingerprint density at radius 1 is 1.00 bits per heavy atom. The van der Waals surface area contributed by atoms with Crippen LogP contribution in [0.4, 0.5) is 5.69 Å². The second kappa shape index (κ2) is 9.39. The first-order chi connectivity index (χ1) is 14.7. The first-order valence-electron chi connectivity index (χ1n) is 10.5. The molecule has 0 atom stereocenters. The summed E-state index contributed by atoms with van der Waals surface area (Å²) in [5.74, 6) is -0.315. The minimum absolute atomic E-state index is 0.315. The molecule has 6 heteroatoms. The Hall–Kier alpha value is -3.41. The minimum atomic E-state index is -0.315. The molecule has 1 aliphatic rings. The van der Waals surface area contributed by atoms with Gasteiger partial charge in [0.1, 0.15) is 5.69 Å². The van der Waals surface area contributed by atoms with E-state index in [0.29, 0.717) is 5.69 Å². The zero-order valence-electron chi connectivity index (χ0n) is 17.3. The van der Waals surface area contributed by atoms with Gasteiger partial charge >= 0.3 is 0 Å². The van der Waals surface area contributed by atoms with Gasteiger partial charge in [-0.1, -0.05) is 55.3 Å². The molecular weight excluding hydrogens is 374 g/mol. The number of hydrogen-bond donors (Lipinski definition) is 2. The number of aromatic amines is 1. The molecule has 1 fully saturated rings. The van der Waals surface area contributed by atoms with E-state index in [2.05, 4.69) is 49.9 Å². The third kappa shape index (κ3) is 4.76. The van der Waals surface area contributed by atoms with Crippen LogP contribution in [-0.4, -0.2) is 34.9 Å². The smallest absolute Gasteiger partial charge is 0.289 e. The minimum Gasteiger partial charge on any atom is -0.372 e. The average molecular weight is 402 g/mol. The van der Waals surface area contributed by atoms with Gasteiger partial charge in [0.05, 0.1) is 11.4 Å². The second-order valence-electron chi connectivity index (χ2n) is 7.62. The summed E-state index contributed by atoms with van der Waals surface area (Å²) in [5.41, 5.74) is 7.68. The van der Waals surface area contributed by atoms with Crippen LogP contribution in [0.2, 0.25) is 0 Å². The number of H-pyrrole nitrogens is 1. The molecule has 1 saturated heterocycles. The molecule has 2 aromatic carbocycles. The normalized spacial score (nSPS) is 15.0. The van der Waals surface area contributed by atoms with E-state index in [1.165, 1.54) is 31.4 Å². The van der Waals surface area contributed by atoms with Crippen molar-refractivity contribution >= 4 is 17.3 Å². The van der Waals surface area contributed by atoms with Crippen LogP contribution in [0.1, 0.15) is 48.7 Å². The first-order valence-corrected chi connectivity index (χ1v) is 10.5. The maximum atomic E-state index is 12.4. The number of hydrazone groups is 1. The topological polar surface area (TPSA) is 73.4 Å². The Kier molecular flexibility index (Phi) is 6.23. The van der Waals surface area contributed by atoms with E-state index >= 15 is 0 Å². The summed E-state index contributed by atoms with van der Waals surface area (Å²) in [5, 5.41) is 11.3. The summed E-state index contributed by atoms with van der Waals surface area (Å²) >= 11 is 0. The number of carbonyl (C=O) groups is 1. The van der Waals surface area contributed by atoms with Gasteiger partial charge in [-0.25, -0.2) is 5.43 Å². The predicted octanol–water partition coefficient (Wildman–Crippen LogP) is 4.61. The molecule has 0 spiro atoms. The third-order valence-electron chi connectivity index (χ3n) is 5.47.